The van der Waals surface area contributed by atoms with Gasteiger partial charge in [-0.3, -0.25) is 4.79 Å². The summed E-state index contributed by atoms with van der Waals surface area (Å²) in [4.78, 5) is 12.6. The van der Waals surface area contributed by atoms with E-state index in [1.165, 1.54) is 0 Å². The van der Waals surface area contributed by atoms with Gasteiger partial charge in [0.25, 0.3) is 0 Å². The van der Waals surface area contributed by atoms with Crippen molar-refractivity contribution in [1.29, 1.82) is 0 Å². The van der Waals surface area contributed by atoms with Crippen molar-refractivity contribution in [3.05, 3.63) is 48.8 Å². The Morgan fingerprint density at radius 3 is 2.62 bits per heavy atom. The van der Waals surface area contributed by atoms with Crippen molar-refractivity contribution in [3.8, 4) is 11.5 Å². The van der Waals surface area contributed by atoms with Gasteiger partial charge in [0.2, 0.25) is 5.91 Å². The first kappa shape index (κ1) is 17.0. The molecule has 1 aromatic carbocycles. The first-order chi connectivity index (χ1) is 12.8. The Hall–Kier alpha value is -2.47. The summed E-state index contributed by atoms with van der Waals surface area (Å²) in [7, 11) is 0. The van der Waals surface area contributed by atoms with Gasteiger partial charge in [0.05, 0.1) is 18.5 Å². The van der Waals surface area contributed by atoms with E-state index in [2.05, 4.69) is 9.88 Å². The SMILES string of the molecule is O=C(CC1(n2cccc2)CCOCC1)NCC1COc2ccccc2O1. The fraction of sp³-hybridized carbons (Fsp3) is 0.450. The Morgan fingerprint density at radius 2 is 1.85 bits per heavy atom. The number of carbonyl (C=O) groups is 1. The van der Waals surface area contributed by atoms with Crippen LogP contribution in [0.3, 0.4) is 0 Å². The number of para-hydroxylation sites is 2. The average molecular weight is 356 g/mol. The molecular weight excluding hydrogens is 332 g/mol. The highest BCUT2D eigenvalue weighted by Crippen LogP contribution is 2.33. The molecular formula is C20H24N2O4. The normalized spacial score (nSPS) is 21.2. The van der Waals surface area contributed by atoms with Gasteiger partial charge < -0.3 is 24.1 Å². The summed E-state index contributed by atoms with van der Waals surface area (Å²) in [5.74, 6) is 1.51. The van der Waals surface area contributed by atoms with Gasteiger partial charge in [-0.25, -0.2) is 0 Å². The van der Waals surface area contributed by atoms with Gasteiger partial charge in [0, 0.05) is 25.6 Å². The van der Waals surface area contributed by atoms with Crippen molar-refractivity contribution < 1.29 is 19.0 Å². The van der Waals surface area contributed by atoms with E-state index < -0.39 is 0 Å². The molecule has 0 spiro atoms. The van der Waals surface area contributed by atoms with Crippen LogP contribution < -0.4 is 14.8 Å². The number of benzene rings is 1. The summed E-state index contributed by atoms with van der Waals surface area (Å²) in [6, 6.07) is 11.6. The van der Waals surface area contributed by atoms with Crippen molar-refractivity contribution in [2.75, 3.05) is 26.4 Å². The molecule has 1 aromatic heterocycles. The van der Waals surface area contributed by atoms with E-state index in [9.17, 15) is 4.79 Å². The third kappa shape index (κ3) is 3.55. The van der Waals surface area contributed by atoms with Crippen molar-refractivity contribution in [2.24, 2.45) is 0 Å². The summed E-state index contributed by atoms with van der Waals surface area (Å²) in [5.41, 5.74) is -0.206. The maximum Gasteiger partial charge on any atom is 0.222 e. The zero-order chi connectivity index (χ0) is 17.8. The van der Waals surface area contributed by atoms with Crippen LogP contribution in [0.25, 0.3) is 0 Å². The number of carbonyl (C=O) groups excluding carboxylic acids is 1. The van der Waals surface area contributed by atoms with Gasteiger partial charge in [-0.2, -0.15) is 0 Å². The number of hydrogen-bond donors (Lipinski definition) is 1. The van der Waals surface area contributed by atoms with E-state index in [0.29, 0.717) is 32.8 Å². The molecule has 0 bridgehead atoms. The number of ether oxygens (including phenoxy) is 3. The Morgan fingerprint density at radius 1 is 1.12 bits per heavy atom. The molecule has 0 aliphatic carbocycles. The largest absolute Gasteiger partial charge is 0.486 e. The van der Waals surface area contributed by atoms with Crippen molar-refractivity contribution in [1.82, 2.24) is 9.88 Å². The summed E-state index contributed by atoms with van der Waals surface area (Å²) in [6.45, 7) is 2.24. The molecule has 6 nitrogen and oxygen atoms in total. The number of hydrogen-bond acceptors (Lipinski definition) is 4. The number of rotatable bonds is 5. The molecule has 1 atom stereocenters. The van der Waals surface area contributed by atoms with E-state index in [1.54, 1.807) is 0 Å². The van der Waals surface area contributed by atoms with E-state index in [4.69, 9.17) is 14.2 Å². The number of nitrogens with one attached hydrogen (secondary N) is 1. The average Bonchev–Trinajstić information content (AvgIpc) is 3.22. The highest BCUT2D eigenvalue weighted by Gasteiger charge is 2.36. The van der Waals surface area contributed by atoms with Crippen LogP contribution in [-0.2, 0) is 15.1 Å². The number of fused-ring (bicyclic) bond motifs is 1. The van der Waals surface area contributed by atoms with Crippen LogP contribution in [0.5, 0.6) is 11.5 Å². The van der Waals surface area contributed by atoms with Crippen LogP contribution in [0.4, 0.5) is 0 Å². The molecule has 138 valence electrons. The maximum atomic E-state index is 12.6. The number of amides is 1. The second-order valence-electron chi connectivity index (χ2n) is 6.91. The van der Waals surface area contributed by atoms with Crippen LogP contribution in [0.15, 0.2) is 48.8 Å². The standard InChI is InChI=1S/C20H24N2O4/c23-19(13-20(7-11-24-12-8-20)22-9-3-4-10-22)21-14-16-15-25-17-5-1-2-6-18(17)26-16/h1-6,9-10,16H,7-8,11-15H2,(H,21,23). The van der Waals surface area contributed by atoms with Gasteiger partial charge >= 0.3 is 0 Å². The molecule has 3 heterocycles. The number of nitrogens with zero attached hydrogens (tertiary/aromatic N) is 1. The summed E-state index contributed by atoms with van der Waals surface area (Å²) in [5, 5.41) is 3.02. The quantitative estimate of drug-likeness (QED) is 0.893. The van der Waals surface area contributed by atoms with Crippen molar-refractivity contribution >= 4 is 5.91 Å². The lowest BCUT2D eigenvalue weighted by molar-refractivity contribution is -0.125. The molecule has 1 fully saturated rings. The molecule has 1 amide bonds. The smallest absolute Gasteiger partial charge is 0.222 e. The molecule has 0 saturated carbocycles. The van der Waals surface area contributed by atoms with E-state index in [0.717, 1.165) is 24.3 Å². The lowest BCUT2D eigenvalue weighted by atomic mass is 9.86. The molecule has 0 radical (unpaired) electrons. The predicted molar refractivity (Wildman–Crippen MR) is 96.4 cm³/mol. The van der Waals surface area contributed by atoms with Crippen molar-refractivity contribution in [3.63, 3.8) is 0 Å². The highest BCUT2D eigenvalue weighted by molar-refractivity contribution is 5.77. The third-order valence-electron chi connectivity index (χ3n) is 5.16. The molecule has 1 saturated heterocycles. The van der Waals surface area contributed by atoms with Crippen LogP contribution in [0.2, 0.25) is 0 Å². The molecule has 2 aliphatic heterocycles. The monoisotopic (exact) mass is 356 g/mol. The van der Waals surface area contributed by atoms with Crippen LogP contribution in [0.1, 0.15) is 19.3 Å². The van der Waals surface area contributed by atoms with Gasteiger partial charge in [-0.05, 0) is 37.1 Å². The lowest BCUT2D eigenvalue weighted by Crippen LogP contribution is -2.46. The lowest BCUT2D eigenvalue weighted by Gasteiger charge is -2.38. The van der Waals surface area contributed by atoms with Gasteiger partial charge in [-0.1, -0.05) is 12.1 Å². The van der Waals surface area contributed by atoms with Crippen LogP contribution >= 0.6 is 0 Å². The molecule has 6 heteroatoms. The molecule has 2 aliphatic rings. The number of aromatic nitrogens is 1. The summed E-state index contributed by atoms with van der Waals surface area (Å²) < 4.78 is 19.3. The van der Waals surface area contributed by atoms with E-state index >= 15 is 0 Å². The minimum absolute atomic E-state index is 0.0306. The molecule has 4 rings (SSSR count). The Labute approximate surface area is 153 Å². The molecule has 26 heavy (non-hydrogen) atoms. The summed E-state index contributed by atoms with van der Waals surface area (Å²) >= 11 is 0. The molecule has 2 aromatic rings. The van der Waals surface area contributed by atoms with Crippen LogP contribution in [0, 0.1) is 0 Å². The van der Waals surface area contributed by atoms with Crippen molar-refractivity contribution in [2.45, 2.75) is 30.9 Å². The zero-order valence-electron chi connectivity index (χ0n) is 14.7. The zero-order valence-corrected chi connectivity index (χ0v) is 14.7. The minimum Gasteiger partial charge on any atom is -0.486 e. The molecule has 1 unspecified atom stereocenters. The fourth-order valence-electron chi connectivity index (χ4n) is 3.68. The fourth-order valence-corrected chi connectivity index (χ4v) is 3.68. The van der Waals surface area contributed by atoms with Gasteiger partial charge in [0.15, 0.2) is 11.5 Å². The topological polar surface area (TPSA) is 61.7 Å². The van der Waals surface area contributed by atoms with Gasteiger partial charge in [0.1, 0.15) is 12.7 Å². The maximum absolute atomic E-state index is 12.6. The predicted octanol–water partition coefficient (Wildman–Crippen LogP) is 2.34. The Kier molecular flexibility index (Phi) is 4.84. The van der Waals surface area contributed by atoms with E-state index in [-0.39, 0.29) is 17.6 Å². The second-order valence-corrected chi connectivity index (χ2v) is 6.91. The van der Waals surface area contributed by atoms with Crippen LogP contribution in [-0.4, -0.2) is 42.9 Å². The second kappa shape index (κ2) is 7.41. The molecule has 1 N–H and O–H groups in total. The van der Waals surface area contributed by atoms with E-state index in [1.807, 2.05) is 48.8 Å². The first-order valence-electron chi connectivity index (χ1n) is 9.12. The minimum atomic E-state index is -0.206. The third-order valence-corrected chi connectivity index (χ3v) is 5.16. The highest BCUT2D eigenvalue weighted by atomic mass is 16.6. The first-order valence-corrected chi connectivity index (χ1v) is 9.12. The Bertz CT molecular complexity index is 738. The summed E-state index contributed by atoms with van der Waals surface area (Å²) in [6.07, 6.45) is 6.01. The Balaban J connectivity index is 1.35. The van der Waals surface area contributed by atoms with Gasteiger partial charge in [-0.15, -0.1) is 0 Å².